The van der Waals surface area contributed by atoms with E-state index in [1.165, 1.54) is 25.7 Å². The van der Waals surface area contributed by atoms with Gasteiger partial charge in [-0.15, -0.1) is 11.6 Å². The molecule has 1 atom stereocenters. The summed E-state index contributed by atoms with van der Waals surface area (Å²) in [5.74, 6) is 1.32. The molecule has 0 amide bonds. The van der Waals surface area contributed by atoms with Gasteiger partial charge in [0, 0.05) is 12.5 Å². The van der Waals surface area contributed by atoms with E-state index in [9.17, 15) is 0 Å². The van der Waals surface area contributed by atoms with E-state index in [4.69, 9.17) is 16.3 Å². The van der Waals surface area contributed by atoms with Crippen LogP contribution in [0.25, 0.3) is 0 Å². The topological polar surface area (TPSA) is 9.23 Å². The largest absolute Gasteiger partial charge is 0.381 e. The molecule has 1 rings (SSSR count). The lowest BCUT2D eigenvalue weighted by atomic mass is 9.82. The van der Waals surface area contributed by atoms with Gasteiger partial charge in [0.2, 0.25) is 0 Å². The monoisotopic (exact) mass is 204 g/mol. The molecule has 0 aromatic carbocycles. The van der Waals surface area contributed by atoms with Crippen LogP contribution in [0.3, 0.4) is 0 Å². The van der Waals surface area contributed by atoms with Crippen molar-refractivity contribution in [1.29, 1.82) is 0 Å². The van der Waals surface area contributed by atoms with E-state index in [-0.39, 0.29) is 0 Å². The van der Waals surface area contributed by atoms with Crippen LogP contribution < -0.4 is 0 Å². The molecule has 1 unspecified atom stereocenters. The fraction of sp³-hybridized carbons (Fsp3) is 1.00. The lowest BCUT2D eigenvalue weighted by Crippen LogP contribution is -2.28. The third-order valence-corrected chi connectivity index (χ3v) is 4.00. The van der Waals surface area contributed by atoms with E-state index >= 15 is 0 Å². The first-order chi connectivity index (χ1) is 6.15. The summed E-state index contributed by atoms with van der Waals surface area (Å²) < 4.78 is 5.34. The number of ether oxygens (including phenoxy) is 1. The minimum absolute atomic E-state index is 0.359. The van der Waals surface area contributed by atoms with E-state index in [2.05, 4.69) is 13.8 Å². The Kier molecular flexibility index (Phi) is 4.54. The van der Waals surface area contributed by atoms with Crippen molar-refractivity contribution in [3.05, 3.63) is 0 Å². The molecule has 1 nitrogen and oxygen atoms in total. The highest BCUT2D eigenvalue weighted by Crippen LogP contribution is 2.33. The van der Waals surface area contributed by atoms with Gasteiger partial charge in [0.05, 0.1) is 6.10 Å². The van der Waals surface area contributed by atoms with Crippen LogP contribution in [0, 0.1) is 11.8 Å². The molecule has 1 aliphatic carbocycles. The second kappa shape index (κ2) is 5.21. The molecule has 0 spiro atoms. The zero-order chi connectivity index (χ0) is 9.84. The molecule has 1 saturated carbocycles. The summed E-state index contributed by atoms with van der Waals surface area (Å²) in [5, 5.41) is 0.359. The van der Waals surface area contributed by atoms with Gasteiger partial charge in [-0.05, 0) is 37.5 Å². The zero-order valence-electron chi connectivity index (χ0n) is 8.92. The molecule has 0 aromatic heterocycles. The minimum Gasteiger partial charge on any atom is -0.381 e. The molecule has 0 saturated heterocycles. The van der Waals surface area contributed by atoms with Gasteiger partial charge in [-0.2, -0.15) is 0 Å². The molecule has 78 valence electrons. The second-order valence-corrected chi connectivity index (χ2v) is 4.96. The minimum atomic E-state index is 0.359. The van der Waals surface area contributed by atoms with Gasteiger partial charge in [-0.1, -0.05) is 13.8 Å². The number of halogens is 1. The van der Waals surface area contributed by atoms with Crippen molar-refractivity contribution in [1.82, 2.24) is 0 Å². The van der Waals surface area contributed by atoms with Crippen LogP contribution in [0.5, 0.6) is 0 Å². The summed E-state index contributed by atoms with van der Waals surface area (Å²) in [6.07, 6.45) is 5.36. The Balaban J connectivity index is 2.32. The summed E-state index contributed by atoms with van der Waals surface area (Å²) in [4.78, 5) is 0. The Morgan fingerprint density at radius 3 is 2.08 bits per heavy atom. The normalized spacial score (nSPS) is 32.1. The van der Waals surface area contributed by atoms with Gasteiger partial charge in [0.1, 0.15) is 0 Å². The van der Waals surface area contributed by atoms with Crippen LogP contribution in [-0.4, -0.2) is 18.6 Å². The Morgan fingerprint density at radius 1 is 1.15 bits per heavy atom. The fourth-order valence-corrected chi connectivity index (χ4v) is 2.44. The third kappa shape index (κ3) is 3.14. The van der Waals surface area contributed by atoms with E-state index in [0.717, 1.165) is 0 Å². The second-order valence-electron chi connectivity index (χ2n) is 4.46. The van der Waals surface area contributed by atoms with Gasteiger partial charge in [0.15, 0.2) is 0 Å². The predicted octanol–water partition coefficient (Wildman–Crippen LogP) is 3.46. The highest BCUT2D eigenvalue weighted by atomic mass is 35.5. The van der Waals surface area contributed by atoms with Gasteiger partial charge in [-0.25, -0.2) is 0 Å². The molecule has 0 aromatic rings. The summed E-state index contributed by atoms with van der Waals surface area (Å²) >= 11 is 6.34. The average molecular weight is 205 g/mol. The SMILES string of the molecule is COC1CCC(C(Cl)C(C)C)CC1. The van der Waals surface area contributed by atoms with Gasteiger partial charge >= 0.3 is 0 Å². The first-order valence-electron chi connectivity index (χ1n) is 5.32. The van der Waals surface area contributed by atoms with Crippen LogP contribution in [0.4, 0.5) is 0 Å². The summed E-state index contributed by atoms with van der Waals surface area (Å²) in [6.45, 7) is 4.42. The number of alkyl halides is 1. The molecule has 0 N–H and O–H groups in total. The molecule has 2 heteroatoms. The molecular weight excluding hydrogens is 184 g/mol. The molecular formula is C11H21ClO. The van der Waals surface area contributed by atoms with Crippen molar-refractivity contribution in [3.63, 3.8) is 0 Å². The van der Waals surface area contributed by atoms with Crippen molar-refractivity contribution < 1.29 is 4.74 Å². The molecule has 1 aliphatic rings. The van der Waals surface area contributed by atoms with Crippen LogP contribution in [-0.2, 0) is 4.74 Å². The Bertz CT molecular complexity index is 139. The smallest absolute Gasteiger partial charge is 0.0571 e. The highest BCUT2D eigenvalue weighted by molar-refractivity contribution is 6.20. The van der Waals surface area contributed by atoms with Crippen LogP contribution in [0.15, 0.2) is 0 Å². The molecule has 0 heterocycles. The fourth-order valence-electron chi connectivity index (χ4n) is 2.19. The summed E-state index contributed by atoms with van der Waals surface area (Å²) in [7, 11) is 1.81. The molecule has 1 fully saturated rings. The summed E-state index contributed by atoms with van der Waals surface area (Å²) in [6, 6.07) is 0. The highest BCUT2D eigenvalue weighted by Gasteiger charge is 2.27. The third-order valence-electron chi connectivity index (χ3n) is 3.14. The number of hydrogen-bond donors (Lipinski definition) is 0. The quantitative estimate of drug-likeness (QED) is 0.640. The maximum atomic E-state index is 6.34. The number of methoxy groups -OCH3 is 1. The van der Waals surface area contributed by atoms with Crippen molar-refractivity contribution in [2.75, 3.05) is 7.11 Å². The lowest BCUT2D eigenvalue weighted by Gasteiger charge is -2.32. The van der Waals surface area contributed by atoms with E-state index in [1.807, 2.05) is 7.11 Å². The van der Waals surface area contributed by atoms with E-state index < -0.39 is 0 Å². The maximum absolute atomic E-state index is 6.34. The van der Waals surface area contributed by atoms with Crippen LogP contribution in [0.1, 0.15) is 39.5 Å². The predicted molar refractivity (Wildman–Crippen MR) is 57.2 cm³/mol. The van der Waals surface area contributed by atoms with Crippen molar-refractivity contribution in [2.45, 2.75) is 51.0 Å². The summed E-state index contributed by atoms with van der Waals surface area (Å²) in [5.41, 5.74) is 0. The van der Waals surface area contributed by atoms with E-state index in [0.29, 0.717) is 23.3 Å². The zero-order valence-corrected chi connectivity index (χ0v) is 9.68. The lowest BCUT2D eigenvalue weighted by molar-refractivity contribution is 0.0544. The first-order valence-corrected chi connectivity index (χ1v) is 5.75. The number of hydrogen-bond acceptors (Lipinski definition) is 1. The van der Waals surface area contributed by atoms with Crippen molar-refractivity contribution in [3.8, 4) is 0 Å². The van der Waals surface area contributed by atoms with Crippen LogP contribution in [0.2, 0.25) is 0 Å². The van der Waals surface area contributed by atoms with Gasteiger partial charge in [0.25, 0.3) is 0 Å². The van der Waals surface area contributed by atoms with Crippen molar-refractivity contribution >= 4 is 11.6 Å². The molecule has 0 aliphatic heterocycles. The average Bonchev–Trinajstić information content (AvgIpc) is 2.17. The van der Waals surface area contributed by atoms with E-state index in [1.54, 1.807) is 0 Å². The van der Waals surface area contributed by atoms with Gasteiger partial charge in [-0.3, -0.25) is 0 Å². The maximum Gasteiger partial charge on any atom is 0.0571 e. The Labute approximate surface area is 86.8 Å². The first kappa shape index (κ1) is 11.3. The molecule has 0 bridgehead atoms. The Morgan fingerprint density at radius 2 is 1.69 bits per heavy atom. The molecule has 0 radical (unpaired) electrons. The van der Waals surface area contributed by atoms with Gasteiger partial charge < -0.3 is 4.74 Å². The van der Waals surface area contributed by atoms with Crippen LogP contribution >= 0.6 is 11.6 Å². The molecule has 13 heavy (non-hydrogen) atoms. The number of rotatable bonds is 3. The Hall–Kier alpha value is 0.250. The standard InChI is InChI=1S/C11H21ClO/c1-8(2)11(12)9-4-6-10(13-3)7-5-9/h8-11H,4-7H2,1-3H3. The van der Waals surface area contributed by atoms with Crippen molar-refractivity contribution in [2.24, 2.45) is 11.8 Å².